The average molecular weight is 381 g/mol. The van der Waals surface area contributed by atoms with Gasteiger partial charge in [0, 0.05) is 44.9 Å². The Balaban J connectivity index is 1.74. The molecule has 0 aliphatic carbocycles. The number of piperazine rings is 1. The quantitative estimate of drug-likeness (QED) is 0.587. The van der Waals surface area contributed by atoms with Gasteiger partial charge in [0.25, 0.3) is 5.69 Å². The fourth-order valence-electron chi connectivity index (χ4n) is 2.89. The number of hydrogen-bond acceptors (Lipinski definition) is 6. The van der Waals surface area contributed by atoms with Gasteiger partial charge in [0.2, 0.25) is 10.0 Å². The minimum Gasteiger partial charge on any atom is -0.296 e. The van der Waals surface area contributed by atoms with Crippen molar-refractivity contribution in [2.75, 3.05) is 26.2 Å². The van der Waals surface area contributed by atoms with E-state index in [1.165, 1.54) is 22.0 Å². The van der Waals surface area contributed by atoms with Crippen molar-refractivity contribution < 1.29 is 13.3 Å². The van der Waals surface area contributed by atoms with Crippen molar-refractivity contribution in [1.29, 1.82) is 0 Å². The SMILES string of the molecule is Cc1ccc([N+](=O)[O-])cc1S(=O)(=O)N1CCN(Cc2ccsc2)CC1. The number of nitrogens with zero attached hydrogens (tertiary/aromatic N) is 3. The molecule has 1 saturated heterocycles. The number of rotatable bonds is 5. The molecular weight excluding hydrogens is 362 g/mol. The smallest absolute Gasteiger partial charge is 0.270 e. The van der Waals surface area contributed by atoms with Gasteiger partial charge in [0.15, 0.2) is 0 Å². The molecule has 3 rings (SSSR count). The molecule has 25 heavy (non-hydrogen) atoms. The van der Waals surface area contributed by atoms with Gasteiger partial charge in [-0.25, -0.2) is 8.42 Å². The molecule has 7 nitrogen and oxygen atoms in total. The minimum atomic E-state index is -3.73. The third-order valence-electron chi connectivity index (χ3n) is 4.32. The number of non-ortho nitro benzene ring substituents is 1. The first-order valence-corrected chi connectivity index (χ1v) is 10.2. The molecule has 1 fully saturated rings. The van der Waals surface area contributed by atoms with Crippen LogP contribution in [-0.4, -0.2) is 48.7 Å². The number of nitro groups is 1. The van der Waals surface area contributed by atoms with Crippen LogP contribution < -0.4 is 0 Å². The van der Waals surface area contributed by atoms with Crippen molar-refractivity contribution in [3.8, 4) is 0 Å². The van der Waals surface area contributed by atoms with E-state index in [9.17, 15) is 18.5 Å². The summed E-state index contributed by atoms with van der Waals surface area (Å²) in [5, 5.41) is 15.1. The van der Waals surface area contributed by atoms with E-state index in [2.05, 4.69) is 16.3 Å². The Kier molecular flexibility index (Phi) is 5.19. The van der Waals surface area contributed by atoms with Gasteiger partial charge in [0.1, 0.15) is 0 Å². The third-order valence-corrected chi connectivity index (χ3v) is 7.09. The van der Waals surface area contributed by atoms with Crippen molar-refractivity contribution in [2.45, 2.75) is 18.4 Å². The zero-order valence-corrected chi connectivity index (χ0v) is 15.4. The van der Waals surface area contributed by atoms with Gasteiger partial charge >= 0.3 is 0 Å². The Morgan fingerprint density at radius 2 is 1.92 bits per heavy atom. The Morgan fingerprint density at radius 3 is 2.52 bits per heavy atom. The molecule has 134 valence electrons. The fourth-order valence-corrected chi connectivity index (χ4v) is 5.21. The molecule has 1 aromatic heterocycles. The molecule has 9 heteroatoms. The van der Waals surface area contributed by atoms with Gasteiger partial charge in [0.05, 0.1) is 9.82 Å². The van der Waals surface area contributed by atoms with Crippen LogP contribution in [0.5, 0.6) is 0 Å². The first-order chi connectivity index (χ1) is 11.9. The van der Waals surface area contributed by atoms with Crippen molar-refractivity contribution >= 4 is 27.0 Å². The molecular formula is C16H19N3O4S2. The standard InChI is InChI=1S/C16H19N3O4S2/c1-13-2-3-15(19(20)21)10-16(13)25(22,23)18-7-5-17(6-8-18)11-14-4-9-24-12-14/h2-4,9-10,12H,5-8,11H2,1H3. The summed E-state index contributed by atoms with van der Waals surface area (Å²) in [5.74, 6) is 0. The molecule has 0 spiro atoms. The highest BCUT2D eigenvalue weighted by Gasteiger charge is 2.30. The van der Waals surface area contributed by atoms with Gasteiger partial charge in [-0.05, 0) is 34.9 Å². The van der Waals surface area contributed by atoms with Crippen LogP contribution in [-0.2, 0) is 16.6 Å². The third kappa shape index (κ3) is 3.90. The molecule has 0 radical (unpaired) electrons. The van der Waals surface area contributed by atoms with Crippen LogP contribution >= 0.6 is 11.3 Å². The Labute approximate surface area is 150 Å². The predicted molar refractivity (Wildman–Crippen MR) is 96.2 cm³/mol. The Bertz CT molecular complexity index is 858. The second-order valence-corrected chi connectivity index (χ2v) is 8.71. The van der Waals surface area contributed by atoms with Gasteiger partial charge in [-0.1, -0.05) is 6.07 Å². The maximum atomic E-state index is 12.9. The lowest BCUT2D eigenvalue weighted by Crippen LogP contribution is -2.48. The summed E-state index contributed by atoms with van der Waals surface area (Å²) >= 11 is 1.65. The molecule has 0 atom stereocenters. The summed E-state index contributed by atoms with van der Waals surface area (Å²) in [7, 11) is -3.73. The lowest BCUT2D eigenvalue weighted by atomic mass is 10.2. The molecule has 0 unspecified atom stereocenters. The highest BCUT2D eigenvalue weighted by molar-refractivity contribution is 7.89. The number of aryl methyl sites for hydroxylation is 1. The summed E-state index contributed by atoms with van der Waals surface area (Å²) in [6, 6.07) is 6.04. The van der Waals surface area contributed by atoms with E-state index in [0.717, 1.165) is 12.6 Å². The molecule has 0 saturated carbocycles. The lowest BCUT2D eigenvalue weighted by Gasteiger charge is -2.34. The maximum Gasteiger partial charge on any atom is 0.270 e. The average Bonchev–Trinajstić information content (AvgIpc) is 3.08. The Hall–Kier alpha value is -1.81. The Morgan fingerprint density at radius 1 is 1.20 bits per heavy atom. The highest BCUT2D eigenvalue weighted by Crippen LogP contribution is 2.25. The van der Waals surface area contributed by atoms with Gasteiger partial charge < -0.3 is 0 Å². The van der Waals surface area contributed by atoms with E-state index < -0.39 is 14.9 Å². The second-order valence-electron chi connectivity index (χ2n) is 6.02. The van der Waals surface area contributed by atoms with Crippen molar-refractivity contribution in [3.63, 3.8) is 0 Å². The van der Waals surface area contributed by atoms with Crippen LogP contribution in [0.15, 0.2) is 39.9 Å². The second kappa shape index (κ2) is 7.20. The van der Waals surface area contributed by atoms with E-state index in [1.54, 1.807) is 18.3 Å². The van der Waals surface area contributed by atoms with Gasteiger partial charge in [-0.3, -0.25) is 15.0 Å². The van der Waals surface area contributed by atoms with Crippen molar-refractivity contribution in [3.05, 3.63) is 56.3 Å². The molecule has 1 aliphatic rings. The van der Waals surface area contributed by atoms with Crippen LogP contribution in [0.1, 0.15) is 11.1 Å². The number of nitro benzene ring substituents is 1. The summed E-state index contributed by atoms with van der Waals surface area (Å²) in [6.07, 6.45) is 0. The van der Waals surface area contributed by atoms with E-state index in [-0.39, 0.29) is 10.6 Å². The van der Waals surface area contributed by atoms with Gasteiger partial charge in [-0.15, -0.1) is 0 Å². The summed E-state index contributed by atoms with van der Waals surface area (Å²) in [5.41, 5.74) is 1.54. The fraction of sp³-hybridized carbons (Fsp3) is 0.375. The molecule has 1 aliphatic heterocycles. The minimum absolute atomic E-state index is 0.0213. The zero-order chi connectivity index (χ0) is 18.0. The molecule has 0 bridgehead atoms. The number of benzene rings is 1. The maximum absolute atomic E-state index is 12.9. The van der Waals surface area contributed by atoms with Crippen LogP contribution in [0, 0.1) is 17.0 Å². The van der Waals surface area contributed by atoms with Crippen LogP contribution in [0.3, 0.4) is 0 Å². The van der Waals surface area contributed by atoms with Crippen molar-refractivity contribution in [2.24, 2.45) is 0 Å². The summed E-state index contributed by atoms with van der Waals surface area (Å²) in [4.78, 5) is 12.6. The van der Waals surface area contributed by atoms with Crippen LogP contribution in [0.4, 0.5) is 5.69 Å². The molecule has 2 heterocycles. The number of sulfonamides is 1. The predicted octanol–water partition coefficient (Wildman–Crippen LogP) is 2.47. The number of thiophene rings is 1. The molecule has 2 aromatic rings. The normalized spacial score (nSPS) is 16.8. The lowest BCUT2D eigenvalue weighted by molar-refractivity contribution is -0.385. The first-order valence-electron chi connectivity index (χ1n) is 7.86. The highest BCUT2D eigenvalue weighted by atomic mass is 32.2. The van der Waals surface area contributed by atoms with Crippen molar-refractivity contribution in [1.82, 2.24) is 9.21 Å². The van der Waals surface area contributed by atoms with E-state index in [1.807, 2.05) is 5.38 Å². The molecule has 0 amide bonds. The largest absolute Gasteiger partial charge is 0.296 e. The van der Waals surface area contributed by atoms with E-state index in [4.69, 9.17) is 0 Å². The monoisotopic (exact) mass is 381 g/mol. The van der Waals surface area contributed by atoms with Crippen LogP contribution in [0.25, 0.3) is 0 Å². The van der Waals surface area contributed by atoms with Crippen LogP contribution in [0.2, 0.25) is 0 Å². The van der Waals surface area contributed by atoms with E-state index >= 15 is 0 Å². The first kappa shape index (κ1) is 18.0. The van der Waals surface area contributed by atoms with Gasteiger partial charge in [-0.2, -0.15) is 15.6 Å². The number of hydrogen-bond donors (Lipinski definition) is 0. The van der Waals surface area contributed by atoms with E-state index in [0.29, 0.717) is 31.7 Å². The summed E-state index contributed by atoms with van der Waals surface area (Å²) in [6.45, 7) is 4.52. The summed E-state index contributed by atoms with van der Waals surface area (Å²) < 4.78 is 27.2. The zero-order valence-electron chi connectivity index (χ0n) is 13.8. The topological polar surface area (TPSA) is 83.8 Å². The molecule has 1 aromatic carbocycles. The molecule has 0 N–H and O–H groups in total.